The molecule has 0 radical (unpaired) electrons. The Hall–Kier alpha value is -1.87. The van der Waals surface area contributed by atoms with Crippen LogP contribution in [-0.4, -0.2) is 69.3 Å². The number of carbonyl (C=O) groups is 1. The molecule has 0 aromatic heterocycles. The number of ether oxygens (including phenoxy) is 4. The Kier molecular flexibility index (Phi) is 12.4. The van der Waals surface area contributed by atoms with Crippen LogP contribution in [0, 0.1) is 29.6 Å². The molecular weight excluding hydrogens is 496 g/mol. The largest absolute Gasteiger partial charge is 0.493 e. The maximum atomic E-state index is 13.2. The summed E-state index contributed by atoms with van der Waals surface area (Å²) in [4.78, 5) is 13.2. The minimum Gasteiger partial charge on any atom is -0.493 e. The number of fused-ring (bicyclic) bond motifs is 1. The van der Waals surface area contributed by atoms with Gasteiger partial charge in [-0.15, -0.1) is 0 Å². The van der Waals surface area contributed by atoms with E-state index in [-0.39, 0.29) is 35.8 Å². The highest BCUT2D eigenvalue weighted by atomic mass is 16.5. The Morgan fingerprint density at radius 3 is 2.51 bits per heavy atom. The third kappa shape index (κ3) is 9.07. The van der Waals surface area contributed by atoms with E-state index >= 15 is 0 Å². The van der Waals surface area contributed by atoms with E-state index in [1.807, 2.05) is 26.0 Å². The number of carbonyl (C=O) groups excluding carboxylic acids is 1. The van der Waals surface area contributed by atoms with Gasteiger partial charge >= 0.3 is 0 Å². The van der Waals surface area contributed by atoms with Crippen LogP contribution < -0.4 is 20.5 Å². The smallest absolute Gasteiger partial charge is 0.223 e. The number of amides is 1. The third-order valence-electron chi connectivity index (χ3n) is 8.52. The summed E-state index contributed by atoms with van der Waals surface area (Å²) >= 11 is 0. The number of hydrogen-bond donors (Lipinski definition) is 3. The zero-order chi connectivity index (χ0) is 28.5. The molecule has 1 aliphatic heterocycles. The van der Waals surface area contributed by atoms with Crippen molar-refractivity contribution in [2.75, 3.05) is 34.0 Å². The summed E-state index contributed by atoms with van der Waals surface area (Å²) in [6, 6.07) is 5.76. The summed E-state index contributed by atoms with van der Waals surface area (Å²) in [5.41, 5.74) is 7.72. The Morgan fingerprint density at radius 2 is 1.90 bits per heavy atom. The van der Waals surface area contributed by atoms with E-state index < -0.39 is 12.1 Å². The standard InChI is InChI=1S/C31H52N2O6/c1-19(2)22(15-21-10-11-27(37-6)28(16-21)38-14-8-12-36-5)17-25(32)26(34)18-24(20(3)4)31(35)33-29-23-9-7-13-39-30(23)29/h10-11,16,19-20,22-26,29-30,34H,7-9,12-15,17-18,32H2,1-6H3,(H,33,35). The van der Waals surface area contributed by atoms with Crippen LogP contribution in [-0.2, 0) is 20.7 Å². The third-order valence-corrected chi connectivity index (χ3v) is 8.52. The zero-order valence-electron chi connectivity index (χ0n) is 24.9. The summed E-state index contributed by atoms with van der Waals surface area (Å²) in [5.74, 6) is 2.35. The molecule has 1 heterocycles. The quantitative estimate of drug-likeness (QED) is 0.253. The highest BCUT2D eigenvalue weighted by Crippen LogP contribution is 2.42. The van der Waals surface area contributed by atoms with Crippen LogP contribution in [0.2, 0.25) is 0 Å². The van der Waals surface area contributed by atoms with Gasteiger partial charge in [0.15, 0.2) is 11.5 Å². The van der Waals surface area contributed by atoms with Gasteiger partial charge in [-0.05, 0) is 67.6 Å². The van der Waals surface area contributed by atoms with Crippen LogP contribution in [0.5, 0.6) is 11.5 Å². The molecular formula is C31H52N2O6. The molecule has 7 atom stereocenters. The number of nitrogens with one attached hydrogen (secondary N) is 1. The average molecular weight is 549 g/mol. The predicted octanol–water partition coefficient (Wildman–Crippen LogP) is 3.96. The van der Waals surface area contributed by atoms with E-state index in [1.54, 1.807) is 14.2 Å². The number of aliphatic hydroxyl groups excluding tert-OH is 1. The van der Waals surface area contributed by atoms with Gasteiger partial charge in [0, 0.05) is 44.6 Å². The first-order valence-electron chi connectivity index (χ1n) is 14.8. The second-order valence-electron chi connectivity index (χ2n) is 12.1. The molecule has 4 N–H and O–H groups in total. The Labute approximate surface area is 235 Å². The van der Waals surface area contributed by atoms with E-state index in [4.69, 9.17) is 24.7 Å². The first-order valence-corrected chi connectivity index (χ1v) is 14.8. The van der Waals surface area contributed by atoms with Crippen LogP contribution in [0.4, 0.5) is 0 Å². The lowest BCUT2D eigenvalue weighted by Gasteiger charge is -2.30. The van der Waals surface area contributed by atoms with Crippen molar-refractivity contribution in [2.45, 2.75) is 90.5 Å². The van der Waals surface area contributed by atoms with Crippen molar-refractivity contribution in [3.05, 3.63) is 23.8 Å². The molecule has 222 valence electrons. The molecule has 39 heavy (non-hydrogen) atoms. The van der Waals surface area contributed by atoms with E-state index in [0.717, 1.165) is 43.6 Å². The van der Waals surface area contributed by atoms with Crippen molar-refractivity contribution >= 4 is 5.91 Å². The van der Waals surface area contributed by atoms with Gasteiger partial charge in [-0.25, -0.2) is 0 Å². The minimum absolute atomic E-state index is 0.0101. The second kappa shape index (κ2) is 15.2. The van der Waals surface area contributed by atoms with Crippen molar-refractivity contribution in [1.29, 1.82) is 0 Å². The van der Waals surface area contributed by atoms with Crippen LogP contribution in [0.3, 0.4) is 0 Å². The van der Waals surface area contributed by atoms with Gasteiger partial charge in [0.25, 0.3) is 0 Å². The number of rotatable bonds is 17. The summed E-state index contributed by atoms with van der Waals surface area (Å²) in [6.07, 6.45) is 4.24. The van der Waals surface area contributed by atoms with E-state index in [0.29, 0.717) is 43.6 Å². The maximum Gasteiger partial charge on any atom is 0.223 e. The van der Waals surface area contributed by atoms with Crippen molar-refractivity contribution in [3.63, 3.8) is 0 Å². The fraction of sp³-hybridized carbons (Fsp3) is 0.774. The lowest BCUT2D eigenvalue weighted by atomic mass is 9.81. The van der Waals surface area contributed by atoms with Crippen LogP contribution in [0.25, 0.3) is 0 Å². The van der Waals surface area contributed by atoms with Gasteiger partial charge in [0.05, 0.1) is 32.0 Å². The summed E-state index contributed by atoms with van der Waals surface area (Å²) in [6.45, 7) is 10.4. The fourth-order valence-corrected chi connectivity index (χ4v) is 5.78. The molecule has 7 unspecified atom stereocenters. The number of hydrogen-bond acceptors (Lipinski definition) is 7. The van der Waals surface area contributed by atoms with E-state index in [1.165, 1.54) is 0 Å². The number of benzene rings is 1. The topological polar surface area (TPSA) is 112 Å². The highest BCUT2D eigenvalue weighted by Gasteiger charge is 2.53. The van der Waals surface area contributed by atoms with Gasteiger partial charge in [-0.2, -0.15) is 0 Å². The Bertz CT molecular complexity index is 882. The molecule has 8 nitrogen and oxygen atoms in total. The summed E-state index contributed by atoms with van der Waals surface area (Å²) in [5, 5.41) is 14.3. The van der Waals surface area contributed by atoms with Crippen LogP contribution in [0.1, 0.15) is 65.4 Å². The van der Waals surface area contributed by atoms with Crippen LogP contribution in [0.15, 0.2) is 18.2 Å². The normalized spacial score (nSPS) is 23.6. The molecule has 1 amide bonds. The molecule has 1 aromatic rings. The van der Waals surface area contributed by atoms with Gasteiger partial charge < -0.3 is 35.1 Å². The molecule has 0 spiro atoms. The molecule has 0 bridgehead atoms. The number of methoxy groups -OCH3 is 2. The summed E-state index contributed by atoms with van der Waals surface area (Å²) < 4.78 is 22.4. The molecule has 2 aliphatic rings. The molecule has 1 saturated heterocycles. The van der Waals surface area contributed by atoms with Gasteiger partial charge in [0.1, 0.15) is 0 Å². The predicted molar refractivity (Wildman–Crippen MR) is 153 cm³/mol. The minimum atomic E-state index is -0.752. The van der Waals surface area contributed by atoms with E-state index in [9.17, 15) is 9.90 Å². The lowest BCUT2D eigenvalue weighted by molar-refractivity contribution is -0.128. The first kappa shape index (κ1) is 31.7. The Balaban J connectivity index is 1.57. The number of aliphatic hydroxyl groups is 1. The maximum absolute atomic E-state index is 13.2. The molecule has 8 heteroatoms. The van der Waals surface area contributed by atoms with Gasteiger partial charge in [-0.3, -0.25) is 4.79 Å². The SMILES string of the molecule is COCCCOc1cc(CC(CC(N)C(O)CC(C(=O)NC2C3CCCOC32)C(C)C)C(C)C)ccc1OC. The molecule has 3 rings (SSSR count). The molecule has 1 saturated carbocycles. The van der Waals surface area contributed by atoms with Crippen molar-refractivity contribution in [2.24, 2.45) is 35.3 Å². The van der Waals surface area contributed by atoms with Crippen molar-refractivity contribution in [1.82, 2.24) is 5.32 Å². The van der Waals surface area contributed by atoms with E-state index in [2.05, 4.69) is 25.2 Å². The lowest BCUT2D eigenvalue weighted by Crippen LogP contribution is -2.43. The number of nitrogens with two attached hydrogens (primary N) is 1. The first-order chi connectivity index (χ1) is 18.7. The molecule has 1 aromatic carbocycles. The fourth-order valence-electron chi connectivity index (χ4n) is 5.78. The summed E-state index contributed by atoms with van der Waals surface area (Å²) in [7, 11) is 3.33. The van der Waals surface area contributed by atoms with Crippen molar-refractivity contribution < 1.29 is 28.8 Å². The second-order valence-corrected chi connectivity index (χ2v) is 12.1. The monoisotopic (exact) mass is 548 g/mol. The van der Waals surface area contributed by atoms with Gasteiger partial charge in [-0.1, -0.05) is 33.8 Å². The van der Waals surface area contributed by atoms with Gasteiger partial charge in [0.2, 0.25) is 5.91 Å². The van der Waals surface area contributed by atoms with Crippen molar-refractivity contribution in [3.8, 4) is 11.5 Å². The Morgan fingerprint density at radius 1 is 1.13 bits per heavy atom. The molecule has 2 fully saturated rings. The average Bonchev–Trinajstić information content (AvgIpc) is 3.61. The zero-order valence-corrected chi connectivity index (χ0v) is 24.9. The highest BCUT2D eigenvalue weighted by molar-refractivity contribution is 5.79. The molecule has 1 aliphatic carbocycles. The van der Waals surface area contributed by atoms with Crippen LogP contribution >= 0.6 is 0 Å².